The molecule has 1 rings (SSSR count). The predicted molar refractivity (Wildman–Crippen MR) is 67.7 cm³/mol. The normalized spacial score (nSPS) is 10.6. The van der Waals surface area contributed by atoms with Crippen molar-refractivity contribution in [2.75, 3.05) is 6.61 Å². The van der Waals surface area contributed by atoms with E-state index in [1.807, 2.05) is 30.3 Å². The Bertz CT molecular complexity index is 421. The maximum atomic E-state index is 11.2. The summed E-state index contributed by atoms with van der Waals surface area (Å²) in [6.07, 6.45) is 3.14. The van der Waals surface area contributed by atoms with Crippen LogP contribution in [0, 0.1) is 0 Å². The first kappa shape index (κ1) is 14.0. The van der Waals surface area contributed by atoms with Crippen LogP contribution in [0.25, 0.3) is 6.08 Å². The van der Waals surface area contributed by atoms with Crippen LogP contribution in [0.3, 0.4) is 0 Å². The summed E-state index contributed by atoms with van der Waals surface area (Å²) in [4.78, 5) is 22.3. The fourth-order valence-corrected chi connectivity index (χ4v) is 1.19. The highest BCUT2D eigenvalue weighted by molar-refractivity contribution is 6.29. The fourth-order valence-electron chi connectivity index (χ4n) is 1.19. The summed E-state index contributed by atoms with van der Waals surface area (Å²) in [7, 11) is 0. The van der Waals surface area contributed by atoms with Crippen molar-refractivity contribution in [2.45, 2.75) is 20.0 Å². The Morgan fingerprint density at radius 3 is 2.44 bits per heavy atom. The Hall–Kier alpha value is -2.10. The Labute approximate surface area is 106 Å². The van der Waals surface area contributed by atoms with Crippen molar-refractivity contribution in [3.05, 3.63) is 42.0 Å². The monoisotopic (exact) mass is 248 g/mol. The van der Waals surface area contributed by atoms with Crippen molar-refractivity contribution >= 4 is 18.0 Å². The molecular weight excluding hydrogens is 232 g/mol. The number of carbonyl (C=O) groups is 2. The second-order valence-corrected chi connectivity index (χ2v) is 3.87. The zero-order valence-corrected chi connectivity index (χ0v) is 10.5. The largest absolute Gasteiger partial charge is 0.455 e. The van der Waals surface area contributed by atoms with Crippen LogP contribution >= 0.6 is 0 Å². The molecular formula is C14H16O4. The molecule has 1 aromatic rings. The van der Waals surface area contributed by atoms with Crippen LogP contribution in [0.4, 0.5) is 0 Å². The minimum absolute atomic E-state index is 0.0426. The minimum Gasteiger partial charge on any atom is -0.455 e. The number of hydrogen-bond donors (Lipinski definition) is 0. The number of esters is 2. The van der Waals surface area contributed by atoms with Gasteiger partial charge in [-0.3, -0.25) is 0 Å². The first-order chi connectivity index (χ1) is 8.59. The molecule has 0 aliphatic rings. The molecule has 0 atom stereocenters. The summed E-state index contributed by atoms with van der Waals surface area (Å²) in [5.74, 6) is -1.93. The van der Waals surface area contributed by atoms with Gasteiger partial charge in [0, 0.05) is 0 Å². The summed E-state index contributed by atoms with van der Waals surface area (Å²) < 4.78 is 9.42. The number of carbonyl (C=O) groups excluding carboxylic acids is 2. The molecule has 96 valence electrons. The van der Waals surface area contributed by atoms with Gasteiger partial charge in [0.1, 0.15) is 6.61 Å². The van der Waals surface area contributed by atoms with Crippen molar-refractivity contribution in [2.24, 2.45) is 0 Å². The highest BCUT2D eigenvalue weighted by Crippen LogP contribution is 2.00. The average Bonchev–Trinajstić information content (AvgIpc) is 2.34. The van der Waals surface area contributed by atoms with E-state index >= 15 is 0 Å². The van der Waals surface area contributed by atoms with Gasteiger partial charge < -0.3 is 9.47 Å². The molecule has 0 heterocycles. The quantitative estimate of drug-likeness (QED) is 0.605. The lowest BCUT2D eigenvalue weighted by molar-refractivity contribution is -0.169. The van der Waals surface area contributed by atoms with Crippen molar-refractivity contribution < 1.29 is 19.1 Å². The van der Waals surface area contributed by atoms with Crippen LogP contribution in [0.1, 0.15) is 19.4 Å². The van der Waals surface area contributed by atoms with Crippen molar-refractivity contribution in [1.29, 1.82) is 0 Å². The molecule has 0 aliphatic heterocycles. The molecule has 0 unspecified atom stereocenters. The number of ether oxygens (including phenoxy) is 2. The van der Waals surface area contributed by atoms with Gasteiger partial charge in [-0.15, -0.1) is 0 Å². The third-order valence-corrected chi connectivity index (χ3v) is 1.93. The van der Waals surface area contributed by atoms with Crippen LogP contribution < -0.4 is 0 Å². The van der Waals surface area contributed by atoms with E-state index in [2.05, 4.69) is 4.74 Å². The summed E-state index contributed by atoms with van der Waals surface area (Å²) in [6, 6.07) is 9.58. The van der Waals surface area contributed by atoms with Crippen molar-refractivity contribution in [3.8, 4) is 0 Å². The third-order valence-electron chi connectivity index (χ3n) is 1.93. The summed E-state index contributed by atoms with van der Waals surface area (Å²) >= 11 is 0. The molecule has 0 amide bonds. The van der Waals surface area contributed by atoms with E-state index in [1.165, 1.54) is 0 Å². The second kappa shape index (κ2) is 7.27. The van der Waals surface area contributed by atoms with Gasteiger partial charge >= 0.3 is 11.9 Å². The van der Waals surface area contributed by atoms with Gasteiger partial charge in [0.2, 0.25) is 0 Å². The molecule has 0 N–H and O–H groups in total. The Morgan fingerprint density at radius 2 is 1.83 bits per heavy atom. The SMILES string of the molecule is CC(C)OC(=O)C(=O)OCC=Cc1ccccc1. The van der Waals surface area contributed by atoms with Gasteiger partial charge in [0.05, 0.1) is 6.10 Å². The number of hydrogen-bond acceptors (Lipinski definition) is 4. The number of rotatable bonds is 4. The van der Waals surface area contributed by atoms with Gasteiger partial charge in [-0.1, -0.05) is 36.4 Å². The van der Waals surface area contributed by atoms with Gasteiger partial charge in [-0.2, -0.15) is 0 Å². The molecule has 0 fully saturated rings. The van der Waals surface area contributed by atoms with E-state index in [0.29, 0.717) is 0 Å². The molecule has 0 aromatic heterocycles. The van der Waals surface area contributed by atoms with E-state index < -0.39 is 11.9 Å². The van der Waals surface area contributed by atoms with E-state index in [4.69, 9.17) is 4.74 Å². The van der Waals surface area contributed by atoms with Crippen molar-refractivity contribution in [1.82, 2.24) is 0 Å². The average molecular weight is 248 g/mol. The molecule has 0 aliphatic carbocycles. The highest BCUT2D eigenvalue weighted by Gasteiger charge is 2.17. The van der Waals surface area contributed by atoms with Gasteiger partial charge in [0.25, 0.3) is 0 Å². The van der Waals surface area contributed by atoms with Gasteiger partial charge in [-0.05, 0) is 25.5 Å². The molecule has 0 radical (unpaired) electrons. The lowest BCUT2D eigenvalue weighted by atomic mass is 10.2. The first-order valence-corrected chi connectivity index (χ1v) is 5.69. The zero-order valence-electron chi connectivity index (χ0n) is 10.5. The summed E-state index contributed by atoms with van der Waals surface area (Å²) in [6.45, 7) is 3.38. The fraction of sp³-hybridized carbons (Fsp3) is 0.286. The Kier molecular flexibility index (Phi) is 5.64. The third kappa shape index (κ3) is 5.30. The van der Waals surface area contributed by atoms with E-state index in [0.717, 1.165) is 5.56 Å². The number of benzene rings is 1. The molecule has 18 heavy (non-hydrogen) atoms. The topological polar surface area (TPSA) is 52.6 Å². The summed E-state index contributed by atoms with van der Waals surface area (Å²) in [5, 5.41) is 0. The van der Waals surface area contributed by atoms with Crippen molar-refractivity contribution in [3.63, 3.8) is 0 Å². The van der Waals surface area contributed by atoms with E-state index in [9.17, 15) is 9.59 Å². The maximum absolute atomic E-state index is 11.2. The van der Waals surface area contributed by atoms with Crippen LogP contribution in [0.5, 0.6) is 0 Å². The van der Waals surface area contributed by atoms with Crippen LogP contribution in [0.15, 0.2) is 36.4 Å². The van der Waals surface area contributed by atoms with E-state index in [1.54, 1.807) is 26.0 Å². The lowest BCUT2D eigenvalue weighted by Gasteiger charge is -2.06. The van der Waals surface area contributed by atoms with E-state index in [-0.39, 0.29) is 12.7 Å². The second-order valence-electron chi connectivity index (χ2n) is 3.87. The molecule has 0 bridgehead atoms. The van der Waals surface area contributed by atoms with Crippen LogP contribution in [-0.4, -0.2) is 24.6 Å². The van der Waals surface area contributed by atoms with Crippen LogP contribution in [-0.2, 0) is 19.1 Å². The molecule has 0 saturated carbocycles. The van der Waals surface area contributed by atoms with Crippen LogP contribution in [0.2, 0.25) is 0 Å². The first-order valence-electron chi connectivity index (χ1n) is 5.69. The summed E-state index contributed by atoms with van der Waals surface area (Å²) in [5.41, 5.74) is 0.998. The molecule has 0 spiro atoms. The molecule has 4 heteroatoms. The lowest BCUT2D eigenvalue weighted by Crippen LogP contribution is -2.23. The smallest absolute Gasteiger partial charge is 0.417 e. The Morgan fingerprint density at radius 1 is 1.17 bits per heavy atom. The van der Waals surface area contributed by atoms with Gasteiger partial charge in [0.15, 0.2) is 0 Å². The predicted octanol–water partition coefficient (Wildman–Crippen LogP) is 2.19. The minimum atomic E-state index is -0.971. The zero-order chi connectivity index (χ0) is 13.4. The maximum Gasteiger partial charge on any atom is 0.417 e. The Balaban J connectivity index is 2.31. The molecule has 0 saturated heterocycles. The molecule has 4 nitrogen and oxygen atoms in total. The molecule has 1 aromatic carbocycles. The standard InChI is InChI=1S/C14H16O4/c1-11(2)18-14(16)13(15)17-10-6-9-12-7-4-3-5-8-12/h3-9,11H,10H2,1-2H3. The highest BCUT2D eigenvalue weighted by atomic mass is 16.6. The van der Waals surface area contributed by atoms with Gasteiger partial charge in [-0.25, -0.2) is 9.59 Å².